The Morgan fingerprint density at radius 3 is 2.25 bits per heavy atom. The average molecular weight is 322 g/mol. The van der Waals surface area contributed by atoms with Crippen LogP contribution in [0.15, 0.2) is 66.7 Å². The lowest BCUT2D eigenvalue weighted by molar-refractivity contribution is -0.127. The van der Waals surface area contributed by atoms with Crippen LogP contribution in [0.5, 0.6) is 0 Å². The Morgan fingerprint density at radius 2 is 1.62 bits per heavy atom. The van der Waals surface area contributed by atoms with E-state index in [-0.39, 0.29) is 5.91 Å². The van der Waals surface area contributed by atoms with Gasteiger partial charge in [0.1, 0.15) is 6.04 Å². The molecule has 0 aliphatic carbocycles. The molecule has 1 atom stereocenters. The number of hydrogen-bond donors (Lipinski definition) is 2. The van der Waals surface area contributed by atoms with Crippen LogP contribution in [0.4, 0.5) is 0 Å². The summed E-state index contributed by atoms with van der Waals surface area (Å²) in [6.07, 6.45) is 5.26. The van der Waals surface area contributed by atoms with Crippen LogP contribution in [0.2, 0.25) is 0 Å². The minimum absolute atomic E-state index is 0.174. The van der Waals surface area contributed by atoms with Gasteiger partial charge in [0.25, 0.3) is 0 Å². The fraction of sp³-hybridized carbons (Fsp3) is 0.200. The summed E-state index contributed by atoms with van der Waals surface area (Å²) in [4.78, 5) is 23.6. The summed E-state index contributed by atoms with van der Waals surface area (Å²) in [6, 6.07) is 18.7. The number of nitrogens with one attached hydrogen (secondary N) is 1. The van der Waals surface area contributed by atoms with Crippen LogP contribution in [0.1, 0.15) is 24.0 Å². The Kier molecular flexibility index (Phi) is 6.77. The Bertz CT molecular complexity index is 681. The third-order valence-electron chi connectivity index (χ3n) is 3.61. The number of nitrogens with two attached hydrogens (primary N) is 1. The van der Waals surface area contributed by atoms with E-state index in [1.165, 1.54) is 0 Å². The molecule has 0 radical (unpaired) electrons. The van der Waals surface area contributed by atoms with Crippen LogP contribution >= 0.6 is 0 Å². The number of amides is 2. The molecule has 3 N–H and O–H groups in total. The van der Waals surface area contributed by atoms with E-state index >= 15 is 0 Å². The van der Waals surface area contributed by atoms with E-state index in [0.717, 1.165) is 11.1 Å². The number of primary amides is 1. The zero-order valence-electron chi connectivity index (χ0n) is 13.5. The van der Waals surface area contributed by atoms with Gasteiger partial charge >= 0.3 is 0 Å². The monoisotopic (exact) mass is 322 g/mol. The van der Waals surface area contributed by atoms with Crippen molar-refractivity contribution in [2.75, 3.05) is 0 Å². The third-order valence-corrected chi connectivity index (χ3v) is 3.61. The maximum atomic E-state index is 12.0. The van der Waals surface area contributed by atoms with Crippen LogP contribution in [0.25, 0.3) is 6.08 Å². The van der Waals surface area contributed by atoms with Gasteiger partial charge in [-0.1, -0.05) is 72.8 Å². The van der Waals surface area contributed by atoms with Crippen molar-refractivity contribution in [2.24, 2.45) is 5.73 Å². The number of carbonyl (C=O) groups excluding carboxylic acids is 2. The summed E-state index contributed by atoms with van der Waals surface area (Å²) in [6.45, 7) is 0. The van der Waals surface area contributed by atoms with Gasteiger partial charge in [0.05, 0.1) is 0 Å². The second kappa shape index (κ2) is 9.30. The Balaban J connectivity index is 1.80. The highest BCUT2D eigenvalue weighted by Gasteiger charge is 2.17. The Labute approximate surface area is 142 Å². The second-order valence-electron chi connectivity index (χ2n) is 5.56. The molecule has 0 heterocycles. The first kappa shape index (κ1) is 17.5. The number of rotatable bonds is 8. The SMILES string of the molecule is NC(=O)[C@H](Cc1ccccc1)NC(=O)CC/C=C/c1ccccc1. The first-order valence-corrected chi connectivity index (χ1v) is 7.99. The molecule has 2 aromatic carbocycles. The summed E-state index contributed by atoms with van der Waals surface area (Å²) in [5, 5.41) is 2.72. The average Bonchev–Trinajstić information content (AvgIpc) is 2.60. The van der Waals surface area contributed by atoms with Crippen LogP contribution in [-0.2, 0) is 16.0 Å². The van der Waals surface area contributed by atoms with Crippen molar-refractivity contribution in [3.8, 4) is 0 Å². The molecule has 0 unspecified atom stereocenters. The molecule has 0 aliphatic rings. The van der Waals surface area contributed by atoms with Crippen molar-refractivity contribution in [1.29, 1.82) is 0 Å². The molecule has 0 saturated carbocycles. The molecule has 2 rings (SSSR count). The zero-order valence-corrected chi connectivity index (χ0v) is 13.5. The molecule has 0 spiro atoms. The number of carbonyl (C=O) groups is 2. The molecule has 2 amide bonds. The first-order chi connectivity index (χ1) is 11.6. The molecule has 0 saturated heterocycles. The highest BCUT2D eigenvalue weighted by molar-refractivity contribution is 5.86. The maximum Gasteiger partial charge on any atom is 0.240 e. The fourth-order valence-corrected chi connectivity index (χ4v) is 2.34. The highest BCUT2D eigenvalue weighted by Crippen LogP contribution is 2.05. The predicted octanol–water partition coefficient (Wildman–Crippen LogP) is 2.69. The van der Waals surface area contributed by atoms with Crippen LogP contribution in [0.3, 0.4) is 0 Å². The highest BCUT2D eigenvalue weighted by atomic mass is 16.2. The van der Waals surface area contributed by atoms with Gasteiger partial charge in [-0.05, 0) is 17.5 Å². The molecule has 0 aromatic heterocycles. The minimum atomic E-state index is -0.682. The molecule has 0 bridgehead atoms. The molecule has 24 heavy (non-hydrogen) atoms. The van der Waals surface area contributed by atoms with E-state index in [9.17, 15) is 9.59 Å². The Hall–Kier alpha value is -2.88. The molecule has 4 nitrogen and oxygen atoms in total. The number of allylic oxidation sites excluding steroid dienone is 1. The van der Waals surface area contributed by atoms with Crippen LogP contribution in [0, 0.1) is 0 Å². The topological polar surface area (TPSA) is 72.2 Å². The van der Waals surface area contributed by atoms with E-state index in [1.807, 2.05) is 72.8 Å². The van der Waals surface area contributed by atoms with E-state index in [2.05, 4.69) is 5.32 Å². The molecule has 124 valence electrons. The standard InChI is InChI=1S/C20H22N2O2/c21-20(24)18(15-17-12-5-2-6-13-17)22-19(23)14-8-7-11-16-9-3-1-4-10-16/h1-7,9-13,18H,8,14-15H2,(H2,21,24)(H,22,23)/b11-7+/t18-/m0/s1. The molecule has 2 aromatic rings. The molecule has 4 heteroatoms. The number of hydrogen-bond acceptors (Lipinski definition) is 2. The second-order valence-corrected chi connectivity index (χ2v) is 5.56. The van der Waals surface area contributed by atoms with Crippen molar-refractivity contribution in [3.05, 3.63) is 77.9 Å². The lowest BCUT2D eigenvalue weighted by Gasteiger charge is -2.15. The summed E-state index contributed by atoms with van der Waals surface area (Å²) >= 11 is 0. The molecular formula is C20H22N2O2. The fourth-order valence-electron chi connectivity index (χ4n) is 2.34. The van der Waals surface area contributed by atoms with Crippen LogP contribution < -0.4 is 11.1 Å². The number of benzene rings is 2. The third kappa shape index (κ3) is 6.08. The van der Waals surface area contributed by atoms with Gasteiger partial charge in [0.2, 0.25) is 11.8 Å². The van der Waals surface area contributed by atoms with Crippen LogP contribution in [-0.4, -0.2) is 17.9 Å². The molecular weight excluding hydrogens is 300 g/mol. The van der Waals surface area contributed by atoms with Crippen molar-refractivity contribution < 1.29 is 9.59 Å². The van der Waals surface area contributed by atoms with Crippen molar-refractivity contribution >= 4 is 17.9 Å². The van der Waals surface area contributed by atoms with Gasteiger partial charge in [0, 0.05) is 12.8 Å². The molecule has 0 fully saturated rings. The van der Waals surface area contributed by atoms with E-state index in [1.54, 1.807) is 0 Å². The normalized spacial score (nSPS) is 12.0. The van der Waals surface area contributed by atoms with Gasteiger partial charge in [-0.3, -0.25) is 9.59 Å². The largest absolute Gasteiger partial charge is 0.368 e. The van der Waals surface area contributed by atoms with E-state index in [0.29, 0.717) is 19.3 Å². The lowest BCUT2D eigenvalue weighted by atomic mass is 10.1. The minimum Gasteiger partial charge on any atom is -0.368 e. The summed E-state index contributed by atoms with van der Waals surface area (Å²) in [5.41, 5.74) is 7.45. The quantitative estimate of drug-likeness (QED) is 0.784. The summed E-state index contributed by atoms with van der Waals surface area (Å²) in [5.74, 6) is -0.695. The van der Waals surface area contributed by atoms with Crippen molar-refractivity contribution in [2.45, 2.75) is 25.3 Å². The zero-order chi connectivity index (χ0) is 17.2. The van der Waals surface area contributed by atoms with Gasteiger partial charge in [0.15, 0.2) is 0 Å². The molecule has 0 aliphatic heterocycles. The van der Waals surface area contributed by atoms with Gasteiger partial charge in [-0.2, -0.15) is 0 Å². The smallest absolute Gasteiger partial charge is 0.240 e. The lowest BCUT2D eigenvalue weighted by Crippen LogP contribution is -2.45. The van der Waals surface area contributed by atoms with E-state index < -0.39 is 11.9 Å². The van der Waals surface area contributed by atoms with Gasteiger partial charge in [-0.25, -0.2) is 0 Å². The van der Waals surface area contributed by atoms with Gasteiger partial charge < -0.3 is 11.1 Å². The Morgan fingerprint density at radius 1 is 1.00 bits per heavy atom. The van der Waals surface area contributed by atoms with Gasteiger partial charge in [-0.15, -0.1) is 0 Å². The predicted molar refractivity (Wildman–Crippen MR) is 96.0 cm³/mol. The summed E-state index contributed by atoms with van der Waals surface area (Å²) in [7, 11) is 0. The summed E-state index contributed by atoms with van der Waals surface area (Å²) < 4.78 is 0. The van der Waals surface area contributed by atoms with Crippen molar-refractivity contribution in [1.82, 2.24) is 5.32 Å². The maximum absolute atomic E-state index is 12.0. The van der Waals surface area contributed by atoms with Crippen molar-refractivity contribution in [3.63, 3.8) is 0 Å². The van der Waals surface area contributed by atoms with E-state index in [4.69, 9.17) is 5.73 Å². The first-order valence-electron chi connectivity index (χ1n) is 7.99.